The van der Waals surface area contributed by atoms with Crippen LogP contribution in [0.5, 0.6) is 0 Å². The van der Waals surface area contributed by atoms with E-state index in [1.165, 1.54) is 5.56 Å². The second-order valence-electron chi connectivity index (χ2n) is 3.38. The van der Waals surface area contributed by atoms with E-state index in [1.54, 1.807) is 0 Å². The van der Waals surface area contributed by atoms with Gasteiger partial charge in [-0.2, -0.15) is 0 Å². The normalized spacial score (nSPS) is 9.93. The van der Waals surface area contributed by atoms with E-state index in [1.807, 2.05) is 18.9 Å². The average Bonchev–Trinajstić information content (AvgIpc) is 2.27. The molecule has 76 valence electrons. The first-order valence-electron chi connectivity index (χ1n) is 5.09. The van der Waals surface area contributed by atoms with Crippen molar-refractivity contribution in [1.29, 1.82) is 5.41 Å². The van der Waals surface area contributed by atoms with Crippen molar-refractivity contribution < 1.29 is 0 Å². The highest BCUT2D eigenvalue weighted by Gasteiger charge is 2.03. The summed E-state index contributed by atoms with van der Waals surface area (Å²) in [4.78, 5) is 1.92. The maximum atomic E-state index is 7.71. The fraction of sp³-hybridized carbons (Fsp3) is 0.417. The Morgan fingerprint density at radius 3 is 2.21 bits per heavy atom. The summed E-state index contributed by atoms with van der Waals surface area (Å²) in [6, 6.07) is 8.38. The van der Waals surface area contributed by atoms with Crippen molar-refractivity contribution >= 4 is 11.5 Å². The summed E-state index contributed by atoms with van der Waals surface area (Å²) in [5.74, 6) is 0.647. The lowest BCUT2D eigenvalue weighted by Crippen LogP contribution is -2.24. The van der Waals surface area contributed by atoms with Crippen LogP contribution in [-0.4, -0.2) is 12.9 Å². The first-order chi connectivity index (χ1) is 6.69. The Kier molecular flexibility index (Phi) is 3.69. The van der Waals surface area contributed by atoms with E-state index in [4.69, 9.17) is 5.41 Å². The number of nitrogens with one attached hydrogen (secondary N) is 1. The molecule has 0 aliphatic rings. The molecule has 1 aromatic carbocycles. The molecule has 0 saturated carbocycles. The Hall–Kier alpha value is -1.31. The van der Waals surface area contributed by atoms with E-state index in [9.17, 15) is 0 Å². The molecule has 1 N–H and O–H groups in total. The van der Waals surface area contributed by atoms with Crippen LogP contribution < -0.4 is 4.90 Å². The Morgan fingerprint density at radius 2 is 1.79 bits per heavy atom. The number of aryl methyl sites for hydroxylation is 1. The topological polar surface area (TPSA) is 27.1 Å². The smallest absolute Gasteiger partial charge is 0.0997 e. The van der Waals surface area contributed by atoms with Gasteiger partial charge in [0.1, 0.15) is 0 Å². The molecule has 0 atom stereocenters. The van der Waals surface area contributed by atoms with Crippen LogP contribution >= 0.6 is 0 Å². The van der Waals surface area contributed by atoms with Gasteiger partial charge in [0.25, 0.3) is 0 Å². The van der Waals surface area contributed by atoms with Crippen LogP contribution in [0, 0.1) is 5.41 Å². The van der Waals surface area contributed by atoms with Crippen molar-refractivity contribution in [1.82, 2.24) is 0 Å². The standard InChI is InChI=1S/C12H18N2/c1-4-10-6-8-11(9-7-10)14(3)12(13)5-2/h6-9,13H,4-5H2,1-3H3. The van der Waals surface area contributed by atoms with E-state index >= 15 is 0 Å². The number of amidine groups is 1. The molecule has 2 heteroatoms. The summed E-state index contributed by atoms with van der Waals surface area (Å²) in [6.07, 6.45) is 1.83. The number of rotatable bonds is 3. The predicted octanol–water partition coefficient (Wildman–Crippen LogP) is 3.07. The Balaban J connectivity index is 2.81. The zero-order valence-corrected chi connectivity index (χ0v) is 9.17. The Labute approximate surface area is 86.1 Å². The van der Waals surface area contributed by atoms with Crippen molar-refractivity contribution in [2.45, 2.75) is 26.7 Å². The van der Waals surface area contributed by atoms with Gasteiger partial charge in [-0.05, 0) is 24.1 Å². The highest BCUT2D eigenvalue weighted by Crippen LogP contribution is 2.14. The van der Waals surface area contributed by atoms with Crippen LogP contribution in [0.2, 0.25) is 0 Å². The van der Waals surface area contributed by atoms with Crippen LogP contribution in [0.1, 0.15) is 25.8 Å². The van der Waals surface area contributed by atoms with Crippen LogP contribution in [0.15, 0.2) is 24.3 Å². The van der Waals surface area contributed by atoms with Crippen LogP contribution in [0.4, 0.5) is 5.69 Å². The van der Waals surface area contributed by atoms with Gasteiger partial charge in [0, 0.05) is 19.2 Å². The van der Waals surface area contributed by atoms with Crippen molar-refractivity contribution in [3.05, 3.63) is 29.8 Å². The molecule has 0 spiro atoms. The van der Waals surface area contributed by atoms with E-state index in [-0.39, 0.29) is 0 Å². The number of nitrogens with zero attached hydrogens (tertiary/aromatic N) is 1. The van der Waals surface area contributed by atoms with Gasteiger partial charge in [0.2, 0.25) is 0 Å². The minimum atomic E-state index is 0.647. The zero-order valence-electron chi connectivity index (χ0n) is 9.17. The third kappa shape index (κ3) is 2.34. The number of hydrogen-bond acceptors (Lipinski definition) is 1. The molecule has 1 rings (SSSR count). The van der Waals surface area contributed by atoms with Crippen LogP contribution in [0.25, 0.3) is 0 Å². The number of benzene rings is 1. The number of anilines is 1. The molecule has 0 radical (unpaired) electrons. The average molecular weight is 190 g/mol. The SMILES string of the molecule is CCC(=N)N(C)c1ccc(CC)cc1. The summed E-state index contributed by atoms with van der Waals surface area (Å²) < 4.78 is 0. The molecular formula is C12H18N2. The summed E-state index contributed by atoms with van der Waals surface area (Å²) in [5.41, 5.74) is 2.43. The van der Waals surface area contributed by atoms with E-state index in [0.29, 0.717) is 5.84 Å². The summed E-state index contributed by atoms with van der Waals surface area (Å²) in [5, 5.41) is 7.71. The highest BCUT2D eigenvalue weighted by atomic mass is 15.1. The molecule has 0 fully saturated rings. The molecule has 0 bridgehead atoms. The van der Waals surface area contributed by atoms with Crippen LogP contribution in [0.3, 0.4) is 0 Å². The lowest BCUT2D eigenvalue weighted by molar-refractivity contribution is 1.11. The second-order valence-corrected chi connectivity index (χ2v) is 3.38. The van der Waals surface area contributed by atoms with Gasteiger partial charge in [-0.25, -0.2) is 0 Å². The maximum absolute atomic E-state index is 7.71. The molecule has 0 aliphatic heterocycles. The summed E-state index contributed by atoms with van der Waals surface area (Å²) in [7, 11) is 1.94. The Bertz CT molecular complexity index is 301. The first kappa shape index (κ1) is 10.8. The minimum absolute atomic E-state index is 0.647. The van der Waals surface area contributed by atoms with Gasteiger partial charge in [-0.15, -0.1) is 0 Å². The van der Waals surface area contributed by atoms with Gasteiger partial charge in [-0.1, -0.05) is 26.0 Å². The molecule has 14 heavy (non-hydrogen) atoms. The van der Waals surface area contributed by atoms with Gasteiger partial charge >= 0.3 is 0 Å². The minimum Gasteiger partial charge on any atom is -0.333 e. The van der Waals surface area contributed by atoms with Gasteiger partial charge in [-0.3, -0.25) is 5.41 Å². The molecule has 2 nitrogen and oxygen atoms in total. The molecule has 0 amide bonds. The largest absolute Gasteiger partial charge is 0.333 e. The molecule has 0 saturated heterocycles. The third-order valence-corrected chi connectivity index (χ3v) is 2.47. The van der Waals surface area contributed by atoms with Crippen molar-refractivity contribution in [2.24, 2.45) is 0 Å². The molecule has 1 aromatic rings. The molecule has 0 aliphatic carbocycles. The van der Waals surface area contributed by atoms with Crippen molar-refractivity contribution in [3.63, 3.8) is 0 Å². The lowest BCUT2D eigenvalue weighted by atomic mass is 10.1. The lowest BCUT2D eigenvalue weighted by Gasteiger charge is -2.19. The predicted molar refractivity (Wildman–Crippen MR) is 62.2 cm³/mol. The monoisotopic (exact) mass is 190 g/mol. The highest BCUT2D eigenvalue weighted by molar-refractivity contribution is 5.94. The number of hydrogen-bond donors (Lipinski definition) is 1. The van der Waals surface area contributed by atoms with Gasteiger partial charge in [0.05, 0.1) is 5.84 Å². The van der Waals surface area contributed by atoms with E-state index in [2.05, 4.69) is 31.2 Å². The second kappa shape index (κ2) is 4.80. The van der Waals surface area contributed by atoms with Gasteiger partial charge in [0.15, 0.2) is 0 Å². The molecule has 0 aromatic heterocycles. The van der Waals surface area contributed by atoms with E-state index < -0.39 is 0 Å². The van der Waals surface area contributed by atoms with Gasteiger partial charge < -0.3 is 4.90 Å². The van der Waals surface area contributed by atoms with Crippen molar-refractivity contribution in [2.75, 3.05) is 11.9 Å². The molecule has 0 heterocycles. The maximum Gasteiger partial charge on any atom is 0.0997 e. The quantitative estimate of drug-likeness (QED) is 0.575. The fourth-order valence-electron chi connectivity index (χ4n) is 1.35. The first-order valence-corrected chi connectivity index (χ1v) is 5.09. The van der Waals surface area contributed by atoms with Crippen LogP contribution in [-0.2, 0) is 6.42 Å². The zero-order chi connectivity index (χ0) is 10.6. The fourth-order valence-corrected chi connectivity index (χ4v) is 1.35. The molecule has 0 unspecified atom stereocenters. The van der Waals surface area contributed by atoms with Crippen molar-refractivity contribution in [3.8, 4) is 0 Å². The summed E-state index contributed by atoms with van der Waals surface area (Å²) >= 11 is 0. The Morgan fingerprint density at radius 1 is 1.21 bits per heavy atom. The van der Waals surface area contributed by atoms with E-state index in [0.717, 1.165) is 18.5 Å². The summed E-state index contributed by atoms with van der Waals surface area (Å²) in [6.45, 7) is 4.14. The third-order valence-electron chi connectivity index (χ3n) is 2.47. The molecular weight excluding hydrogens is 172 g/mol.